The largest absolute Gasteiger partial charge is 0.494 e. The molecular formula is C24H29ClN4O3S. The lowest BCUT2D eigenvalue weighted by Crippen LogP contribution is -2.50. The van der Waals surface area contributed by atoms with Crippen molar-refractivity contribution in [3.63, 3.8) is 0 Å². The number of nitrogens with one attached hydrogen (secondary N) is 2. The lowest BCUT2D eigenvalue weighted by molar-refractivity contribution is -0.134. The molecule has 2 aromatic rings. The smallest absolute Gasteiger partial charge is 0.257 e. The van der Waals surface area contributed by atoms with E-state index in [1.807, 2.05) is 37.8 Å². The van der Waals surface area contributed by atoms with Crippen molar-refractivity contribution in [3.05, 3.63) is 53.1 Å². The zero-order valence-corrected chi connectivity index (χ0v) is 20.6. The van der Waals surface area contributed by atoms with Crippen LogP contribution in [0, 0.1) is 5.92 Å². The molecule has 0 aromatic heterocycles. The third-order valence-corrected chi connectivity index (χ3v) is 5.77. The maximum atomic E-state index is 12.5. The van der Waals surface area contributed by atoms with Crippen molar-refractivity contribution in [2.45, 2.75) is 20.8 Å². The third-order valence-electron chi connectivity index (χ3n) is 5.27. The zero-order chi connectivity index (χ0) is 24.0. The predicted octanol–water partition coefficient (Wildman–Crippen LogP) is 4.17. The zero-order valence-electron chi connectivity index (χ0n) is 19.1. The third kappa shape index (κ3) is 6.58. The molecule has 2 amide bonds. The van der Waals surface area contributed by atoms with E-state index in [-0.39, 0.29) is 22.8 Å². The van der Waals surface area contributed by atoms with Crippen molar-refractivity contribution in [3.8, 4) is 5.75 Å². The number of hydrogen-bond donors (Lipinski definition) is 2. The lowest BCUT2D eigenvalue weighted by atomic mass is 10.1. The molecule has 0 spiro atoms. The topological polar surface area (TPSA) is 73.9 Å². The Bertz CT molecular complexity index is 1020. The van der Waals surface area contributed by atoms with Crippen molar-refractivity contribution in [1.29, 1.82) is 0 Å². The highest BCUT2D eigenvalue weighted by atomic mass is 35.5. The summed E-state index contributed by atoms with van der Waals surface area (Å²) in [5, 5.41) is 6.42. The summed E-state index contributed by atoms with van der Waals surface area (Å²) in [5.41, 5.74) is 2.03. The second kappa shape index (κ2) is 11.3. The number of rotatable bonds is 6. The number of carbonyl (C=O) groups is 2. The number of hydrogen-bond acceptors (Lipinski definition) is 5. The van der Waals surface area contributed by atoms with Crippen LogP contribution >= 0.6 is 23.8 Å². The van der Waals surface area contributed by atoms with Crippen LogP contribution in [0.3, 0.4) is 0 Å². The number of carbonyl (C=O) groups excluding carboxylic acids is 2. The average Bonchev–Trinajstić information content (AvgIpc) is 2.79. The van der Waals surface area contributed by atoms with Crippen LogP contribution in [-0.4, -0.2) is 54.6 Å². The Balaban J connectivity index is 1.57. The summed E-state index contributed by atoms with van der Waals surface area (Å²) < 4.78 is 5.43. The van der Waals surface area contributed by atoms with Gasteiger partial charge in [-0.2, -0.15) is 0 Å². The van der Waals surface area contributed by atoms with Crippen molar-refractivity contribution in [2.75, 3.05) is 43.0 Å². The van der Waals surface area contributed by atoms with Gasteiger partial charge in [-0.3, -0.25) is 14.9 Å². The normalized spacial score (nSPS) is 13.6. The second-order valence-electron chi connectivity index (χ2n) is 8.00. The highest BCUT2D eigenvalue weighted by molar-refractivity contribution is 7.80. The molecule has 2 aromatic carbocycles. The maximum Gasteiger partial charge on any atom is 0.257 e. The summed E-state index contributed by atoms with van der Waals surface area (Å²) >= 11 is 11.8. The van der Waals surface area contributed by atoms with Crippen LogP contribution in [0.5, 0.6) is 5.75 Å². The van der Waals surface area contributed by atoms with Crippen LogP contribution in [0.15, 0.2) is 42.5 Å². The van der Waals surface area contributed by atoms with E-state index in [1.54, 1.807) is 30.3 Å². The maximum absolute atomic E-state index is 12.5. The van der Waals surface area contributed by atoms with Gasteiger partial charge >= 0.3 is 0 Å². The van der Waals surface area contributed by atoms with Gasteiger partial charge in [0.2, 0.25) is 5.91 Å². The Labute approximate surface area is 205 Å². The van der Waals surface area contributed by atoms with Gasteiger partial charge in [0.15, 0.2) is 5.11 Å². The first-order valence-electron chi connectivity index (χ1n) is 11.0. The number of amides is 2. The van der Waals surface area contributed by atoms with Gasteiger partial charge in [0.1, 0.15) is 5.75 Å². The fraction of sp³-hybridized carbons (Fsp3) is 0.375. The summed E-state index contributed by atoms with van der Waals surface area (Å²) in [6.07, 6.45) is 0. The van der Waals surface area contributed by atoms with Gasteiger partial charge in [-0.05, 0) is 55.5 Å². The minimum atomic E-state index is -0.328. The van der Waals surface area contributed by atoms with E-state index in [1.165, 1.54) is 0 Å². The Kier molecular flexibility index (Phi) is 8.52. The first kappa shape index (κ1) is 24.8. The van der Waals surface area contributed by atoms with E-state index < -0.39 is 0 Å². The molecule has 0 unspecified atom stereocenters. The number of ether oxygens (including phenoxy) is 1. The predicted molar refractivity (Wildman–Crippen MR) is 136 cm³/mol. The van der Waals surface area contributed by atoms with E-state index in [9.17, 15) is 9.59 Å². The number of nitrogens with zero attached hydrogens (tertiary/aromatic N) is 2. The quantitative estimate of drug-likeness (QED) is 0.594. The molecule has 1 saturated heterocycles. The summed E-state index contributed by atoms with van der Waals surface area (Å²) in [4.78, 5) is 28.8. The summed E-state index contributed by atoms with van der Waals surface area (Å²) in [6, 6.07) is 12.5. The molecule has 7 nitrogen and oxygen atoms in total. The molecule has 1 fully saturated rings. The van der Waals surface area contributed by atoms with Gasteiger partial charge in [0.25, 0.3) is 5.91 Å². The Morgan fingerprint density at radius 1 is 1.12 bits per heavy atom. The summed E-state index contributed by atoms with van der Waals surface area (Å²) in [5.74, 6) is 0.482. The molecule has 0 atom stereocenters. The van der Waals surface area contributed by atoms with Crippen molar-refractivity contribution < 1.29 is 14.3 Å². The van der Waals surface area contributed by atoms with Gasteiger partial charge in [0, 0.05) is 43.3 Å². The fourth-order valence-electron chi connectivity index (χ4n) is 3.61. The van der Waals surface area contributed by atoms with E-state index in [0.717, 1.165) is 18.8 Å². The minimum absolute atomic E-state index is 0.00319. The van der Waals surface area contributed by atoms with Crippen LogP contribution < -0.4 is 20.3 Å². The molecule has 0 bridgehead atoms. The van der Waals surface area contributed by atoms with Crippen LogP contribution in [0.4, 0.5) is 11.4 Å². The first-order chi connectivity index (χ1) is 15.8. The van der Waals surface area contributed by atoms with Gasteiger partial charge in [-0.15, -0.1) is 0 Å². The van der Waals surface area contributed by atoms with Crippen LogP contribution in [0.25, 0.3) is 0 Å². The Morgan fingerprint density at radius 2 is 1.85 bits per heavy atom. The van der Waals surface area contributed by atoms with Crippen molar-refractivity contribution in [2.24, 2.45) is 5.92 Å². The molecule has 176 valence electrons. The molecule has 0 aliphatic carbocycles. The molecule has 1 aliphatic heterocycles. The van der Waals surface area contributed by atoms with Gasteiger partial charge in [-0.1, -0.05) is 31.5 Å². The summed E-state index contributed by atoms with van der Waals surface area (Å²) in [7, 11) is 0. The van der Waals surface area contributed by atoms with E-state index in [2.05, 4.69) is 15.5 Å². The second-order valence-corrected chi connectivity index (χ2v) is 8.82. The number of benzene rings is 2. The van der Waals surface area contributed by atoms with Crippen LogP contribution in [0.2, 0.25) is 5.02 Å². The minimum Gasteiger partial charge on any atom is -0.494 e. The number of piperazine rings is 1. The average molecular weight is 489 g/mol. The molecule has 0 radical (unpaired) electrons. The van der Waals surface area contributed by atoms with Gasteiger partial charge in [0.05, 0.1) is 17.3 Å². The first-order valence-corrected chi connectivity index (χ1v) is 11.8. The molecule has 2 N–H and O–H groups in total. The Morgan fingerprint density at radius 3 is 2.48 bits per heavy atom. The summed E-state index contributed by atoms with van der Waals surface area (Å²) in [6.45, 7) is 9.04. The van der Waals surface area contributed by atoms with E-state index in [4.69, 9.17) is 28.6 Å². The molecule has 0 saturated carbocycles. The molecule has 9 heteroatoms. The molecular weight excluding hydrogens is 460 g/mol. The highest BCUT2D eigenvalue weighted by Gasteiger charge is 2.24. The van der Waals surface area contributed by atoms with Gasteiger partial charge < -0.3 is 19.9 Å². The molecule has 33 heavy (non-hydrogen) atoms. The molecule has 1 aliphatic rings. The molecule has 1 heterocycles. The van der Waals surface area contributed by atoms with E-state index >= 15 is 0 Å². The number of halogens is 1. The van der Waals surface area contributed by atoms with Crippen LogP contribution in [0.1, 0.15) is 31.1 Å². The number of thiocarbonyl (C=S) groups is 1. The van der Waals surface area contributed by atoms with E-state index in [0.29, 0.717) is 41.7 Å². The monoisotopic (exact) mass is 488 g/mol. The highest BCUT2D eigenvalue weighted by Crippen LogP contribution is 2.30. The Hall–Kier alpha value is -2.84. The standard InChI is InChI=1S/C24H29ClN4O3S/c1-4-32-19-7-5-6-17(14-19)22(30)27-24(33)26-18-8-9-21(20(25)15-18)28-10-12-29(13-11-28)23(31)16(2)3/h5-9,14-16H,4,10-13H2,1-3H3,(H2,26,27,30,33). The lowest BCUT2D eigenvalue weighted by Gasteiger charge is -2.37. The fourth-order valence-corrected chi connectivity index (χ4v) is 4.12. The van der Waals surface area contributed by atoms with Crippen LogP contribution in [-0.2, 0) is 4.79 Å². The molecule has 3 rings (SSSR count). The number of anilines is 2. The van der Waals surface area contributed by atoms with Gasteiger partial charge in [-0.25, -0.2) is 0 Å². The van der Waals surface area contributed by atoms with Crippen molar-refractivity contribution in [1.82, 2.24) is 10.2 Å². The van der Waals surface area contributed by atoms with Crippen molar-refractivity contribution >= 4 is 52.1 Å². The SMILES string of the molecule is CCOc1cccc(C(=O)NC(=S)Nc2ccc(N3CCN(C(=O)C(C)C)CC3)c(Cl)c2)c1.